The largest absolute Gasteiger partial charge is 0.673 e. The lowest BCUT2D eigenvalue weighted by Crippen LogP contribution is -2.17. The number of unbranched alkanes of at least 4 members (excludes halogenated alkanes) is 15. The highest BCUT2D eigenvalue weighted by molar-refractivity contribution is 7.96. The van der Waals surface area contributed by atoms with Crippen molar-refractivity contribution in [3.63, 3.8) is 0 Å². The zero-order valence-corrected chi connectivity index (χ0v) is 21.2. The minimum atomic E-state index is -6.00. The third kappa shape index (κ3) is 35.6. The quantitative estimate of drug-likeness (QED) is 0.0695. The molecule has 0 unspecified atom stereocenters. The first-order chi connectivity index (χ1) is 14.3. The first kappa shape index (κ1) is 32.3. The Morgan fingerprint density at radius 3 is 0.833 bits per heavy atom. The molecule has 0 amide bonds. The second kappa shape index (κ2) is 25.4. The fourth-order valence-corrected chi connectivity index (χ4v) is 6.02. The van der Waals surface area contributed by atoms with Crippen LogP contribution in [0.15, 0.2) is 0 Å². The van der Waals surface area contributed by atoms with Crippen molar-refractivity contribution in [2.75, 3.05) is 17.3 Å². The second-order valence-corrected chi connectivity index (χ2v) is 11.0. The molecule has 0 atom stereocenters. The third-order valence-corrected chi connectivity index (χ3v) is 7.96. The Morgan fingerprint density at radius 1 is 0.400 bits per heavy atom. The van der Waals surface area contributed by atoms with Gasteiger partial charge in [0.1, 0.15) is 17.3 Å². The Bertz CT molecular complexity index is 270. The molecule has 0 rings (SSSR count). The molecule has 0 aromatic carbocycles. The molecule has 184 valence electrons. The summed E-state index contributed by atoms with van der Waals surface area (Å²) in [6.07, 6.45) is 26.4. The number of hydrogen-bond donors (Lipinski definition) is 0. The van der Waals surface area contributed by atoms with Crippen molar-refractivity contribution in [2.45, 2.75) is 136 Å². The first-order valence-corrected chi connectivity index (χ1v) is 14.6. The molecule has 0 spiro atoms. The van der Waals surface area contributed by atoms with Crippen LogP contribution in [0.3, 0.4) is 0 Å². The predicted molar refractivity (Wildman–Crippen MR) is 132 cm³/mol. The van der Waals surface area contributed by atoms with E-state index in [1.165, 1.54) is 116 Å². The molecule has 0 aromatic rings. The van der Waals surface area contributed by atoms with Crippen LogP contribution in [-0.4, -0.2) is 24.5 Å². The van der Waals surface area contributed by atoms with Crippen LogP contribution in [0.4, 0.5) is 17.3 Å². The summed E-state index contributed by atoms with van der Waals surface area (Å²) in [5.74, 6) is 4.65. The van der Waals surface area contributed by atoms with E-state index in [1.54, 1.807) is 17.3 Å². The standard InChI is InChI=1S/C24H51S.BF4/c1-4-7-10-13-16-19-22-25(23-20-17-14-11-8-5-2)24-21-18-15-12-9-6-3;2-1(3,4)5/h4-24H2,1-3H3;/q+1;-1. The van der Waals surface area contributed by atoms with Crippen LogP contribution < -0.4 is 0 Å². The van der Waals surface area contributed by atoms with Gasteiger partial charge in [-0.2, -0.15) is 0 Å². The molecule has 0 bridgehead atoms. The lowest BCUT2D eigenvalue weighted by Gasteiger charge is -2.10. The number of halogens is 4. The summed E-state index contributed by atoms with van der Waals surface area (Å²) < 4.78 is 39.0. The van der Waals surface area contributed by atoms with E-state index >= 15 is 0 Å². The van der Waals surface area contributed by atoms with E-state index in [0.717, 1.165) is 10.9 Å². The van der Waals surface area contributed by atoms with E-state index in [1.807, 2.05) is 0 Å². The normalized spacial score (nSPS) is 11.6. The molecule has 0 aliphatic heterocycles. The van der Waals surface area contributed by atoms with Crippen LogP contribution in [-0.2, 0) is 10.9 Å². The maximum atomic E-state index is 9.75. The lowest BCUT2D eigenvalue weighted by molar-refractivity contribution is 0.368. The molecule has 0 nitrogen and oxygen atoms in total. The summed E-state index contributed by atoms with van der Waals surface area (Å²) in [4.78, 5) is 0. The maximum absolute atomic E-state index is 9.75. The Balaban J connectivity index is 0. The van der Waals surface area contributed by atoms with E-state index in [4.69, 9.17) is 0 Å². The summed E-state index contributed by atoms with van der Waals surface area (Å²) in [5, 5.41) is 0. The average molecular weight is 459 g/mol. The highest BCUT2D eigenvalue weighted by atomic mass is 32.2. The highest BCUT2D eigenvalue weighted by Gasteiger charge is 2.20. The van der Waals surface area contributed by atoms with Crippen molar-refractivity contribution >= 4 is 18.1 Å². The maximum Gasteiger partial charge on any atom is 0.673 e. The van der Waals surface area contributed by atoms with Crippen molar-refractivity contribution < 1.29 is 17.3 Å². The van der Waals surface area contributed by atoms with Crippen LogP contribution in [0.5, 0.6) is 0 Å². The van der Waals surface area contributed by atoms with Gasteiger partial charge in [-0.05, 0) is 49.4 Å². The van der Waals surface area contributed by atoms with Crippen molar-refractivity contribution in [3.05, 3.63) is 0 Å². The molecule has 0 heterocycles. The second-order valence-electron chi connectivity index (χ2n) is 8.52. The summed E-state index contributed by atoms with van der Waals surface area (Å²) in [6, 6.07) is 0. The molecule has 30 heavy (non-hydrogen) atoms. The van der Waals surface area contributed by atoms with Crippen molar-refractivity contribution in [2.24, 2.45) is 0 Å². The minimum absolute atomic E-state index is 0.754. The molecule has 0 radical (unpaired) electrons. The molecule has 0 saturated heterocycles. The predicted octanol–water partition coefficient (Wildman–Crippen LogP) is 9.99. The van der Waals surface area contributed by atoms with Gasteiger partial charge < -0.3 is 17.3 Å². The first-order valence-electron chi connectivity index (χ1n) is 12.9. The Kier molecular flexibility index (Phi) is 27.4. The zero-order valence-electron chi connectivity index (χ0n) is 20.3. The van der Waals surface area contributed by atoms with Gasteiger partial charge in [0.05, 0.1) is 0 Å². The van der Waals surface area contributed by atoms with Gasteiger partial charge in [-0.1, -0.05) is 97.8 Å². The van der Waals surface area contributed by atoms with Gasteiger partial charge in [0, 0.05) is 0 Å². The fraction of sp³-hybridized carbons (Fsp3) is 1.00. The van der Waals surface area contributed by atoms with E-state index in [0.29, 0.717) is 0 Å². The SMILES string of the molecule is CCCCCCCC[S+](CCCCCCCC)CCCCCCCC.F[B-](F)(F)F. The van der Waals surface area contributed by atoms with Crippen LogP contribution in [0.1, 0.15) is 136 Å². The molecule has 0 aromatic heterocycles. The average Bonchev–Trinajstić information content (AvgIpc) is 2.68. The number of rotatable bonds is 21. The van der Waals surface area contributed by atoms with Crippen molar-refractivity contribution in [3.8, 4) is 0 Å². The van der Waals surface area contributed by atoms with E-state index in [2.05, 4.69) is 20.8 Å². The Morgan fingerprint density at radius 2 is 0.600 bits per heavy atom. The molecule has 0 fully saturated rings. The van der Waals surface area contributed by atoms with Gasteiger partial charge >= 0.3 is 7.25 Å². The van der Waals surface area contributed by atoms with Gasteiger partial charge in [0.2, 0.25) is 0 Å². The van der Waals surface area contributed by atoms with Crippen LogP contribution >= 0.6 is 0 Å². The van der Waals surface area contributed by atoms with Gasteiger partial charge in [0.25, 0.3) is 0 Å². The van der Waals surface area contributed by atoms with E-state index in [9.17, 15) is 17.3 Å². The highest BCUT2D eigenvalue weighted by Crippen LogP contribution is 2.14. The Labute approximate surface area is 189 Å². The molecule has 6 heteroatoms. The van der Waals surface area contributed by atoms with Gasteiger partial charge in [-0.3, -0.25) is 0 Å². The molecular weight excluding hydrogens is 407 g/mol. The summed E-state index contributed by atoms with van der Waals surface area (Å²) in [7, 11) is -5.25. The summed E-state index contributed by atoms with van der Waals surface area (Å²) in [6.45, 7) is 6.95. The zero-order chi connectivity index (χ0) is 22.9. The van der Waals surface area contributed by atoms with E-state index in [-0.39, 0.29) is 0 Å². The molecule has 0 aliphatic rings. The molecule has 0 N–H and O–H groups in total. The smallest absolute Gasteiger partial charge is 0.418 e. The number of hydrogen-bond acceptors (Lipinski definition) is 0. The topological polar surface area (TPSA) is 0 Å². The van der Waals surface area contributed by atoms with Gasteiger partial charge in [-0.15, -0.1) is 0 Å². The van der Waals surface area contributed by atoms with Crippen molar-refractivity contribution in [1.29, 1.82) is 0 Å². The van der Waals surface area contributed by atoms with Crippen LogP contribution in [0.2, 0.25) is 0 Å². The summed E-state index contributed by atoms with van der Waals surface area (Å²) >= 11 is 0. The third-order valence-electron chi connectivity index (χ3n) is 5.36. The molecule has 0 saturated carbocycles. The van der Waals surface area contributed by atoms with E-state index < -0.39 is 7.25 Å². The molecular formula is C24H51BF4S. The lowest BCUT2D eigenvalue weighted by atomic mass is 10.1. The summed E-state index contributed by atoms with van der Waals surface area (Å²) in [5.41, 5.74) is 0. The Hall–Kier alpha value is 0.135. The van der Waals surface area contributed by atoms with Gasteiger partial charge in [-0.25, -0.2) is 0 Å². The minimum Gasteiger partial charge on any atom is -0.418 e. The van der Waals surface area contributed by atoms with Crippen molar-refractivity contribution in [1.82, 2.24) is 0 Å². The van der Waals surface area contributed by atoms with Gasteiger partial charge in [0.15, 0.2) is 0 Å². The monoisotopic (exact) mass is 458 g/mol. The fourth-order valence-electron chi connectivity index (χ4n) is 3.57. The molecule has 0 aliphatic carbocycles. The van der Waals surface area contributed by atoms with Crippen LogP contribution in [0.25, 0.3) is 0 Å². The van der Waals surface area contributed by atoms with Crippen LogP contribution in [0, 0.1) is 0 Å².